The van der Waals surface area contributed by atoms with Crippen LogP contribution >= 0.6 is 0 Å². The van der Waals surface area contributed by atoms with E-state index in [4.69, 9.17) is 9.47 Å². The van der Waals surface area contributed by atoms with Crippen LogP contribution in [-0.2, 0) is 20.7 Å². The van der Waals surface area contributed by atoms with Crippen molar-refractivity contribution in [2.24, 2.45) is 0 Å². The van der Waals surface area contributed by atoms with Crippen molar-refractivity contribution in [3.05, 3.63) is 35.4 Å². The maximum Gasteiger partial charge on any atom is 0.339 e. The number of benzene rings is 1. The van der Waals surface area contributed by atoms with E-state index in [0.717, 1.165) is 12.0 Å². The zero-order valence-corrected chi connectivity index (χ0v) is 10.7. The quantitative estimate of drug-likeness (QED) is 0.741. The molecule has 1 aliphatic rings. The van der Waals surface area contributed by atoms with E-state index in [2.05, 4.69) is 0 Å². The van der Waals surface area contributed by atoms with Gasteiger partial charge >= 0.3 is 5.97 Å². The lowest BCUT2D eigenvalue weighted by atomic mass is 9.98. The number of rotatable bonds is 2. The summed E-state index contributed by atoms with van der Waals surface area (Å²) in [5, 5.41) is 0. The first kappa shape index (κ1) is 13.7. The lowest BCUT2D eigenvalue weighted by Crippen LogP contribution is -2.25. The molecule has 3 nitrogen and oxygen atoms in total. The molecule has 0 radical (unpaired) electrons. The third-order valence-electron chi connectivity index (χ3n) is 2.49. The molecule has 1 aromatic rings. The number of carbonyl (C=O) groups excluding carboxylic acids is 1. The van der Waals surface area contributed by atoms with E-state index >= 15 is 0 Å². The third-order valence-corrected chi connectivity index (χ3v) is 2.49. The number of fused-ring (bicyclic) bond motifs is 1. The number of hydrogen-bond donors (Lipinski definition) is 0. The molecule has 1 aromatic carbocycles. The van der Waals surface area contributed by atoms with Crippen LogP contribution in [0.15, 0.2) is 24.3 Å². The van der Waals surface area contributed by atoms with E-state index in [-0.39, 0.29) is 5.97 Å². The van der Waals surface area contributed by atoms with E-state index in [1.54, 1.807) is 6.92 Å². The third kappa shape index (κ3) is 3.30. The normalized spacial score (nSPS) is 17.5. The lowest BCUT2D eigenvalue weighted by molar-refractivity contribution is -0.158. The van der Waals surface area contributed by atoms with Gasteiger partial charge in [-0.3, -0.25) is 0 Å². The molecule has 0 aliphatic carbocycles. The van der Waals surface area contributed by atoms with Gasteiger partial charge in [0.15, 0.2) is 6.10 Å². The van der Waals surface area contributed by atoms with E-state index < -0.39 is 6.10 Å². The number of esters is 1. The highest BCUT2D eigenvalue weighted by Gasteiger charge is 2.27. The molecule has 0 N–H and O–H groups in total. The Morgan fingerprint density at radius 1 is 1.41 bits per heavy atom. The van der Waals surface area contributed by atoms with Crippen LogP contribution in [0.1, 0.15) is 38.0 Å². The van der Waals surface area contributed by atoms with E-state index in [0.29, 0.717) is 13.2 Å². The molecule has 0 spiro atoms. The first-order chi connectivity index (χ1) is 8.33. The van der Waals surface area contributed by atoms with E-state index in [9.17, 15) is 4.79 Å². The first-order valence-corrected chi connectivity index (χ1v) is 6.19. The molecule has 0 amide bonds. The summed E-state index contributed by atoms with van der Waals surface area (Å²) in [4.78, 5) is 11.6. The maximum atomic E-state index is 11.6. The molecule has 0 fully saturated rings. The summed E-state index contributed by atoms with van der Waals surface area (Å²) in [6.07, 6.45) is 0.335. The summed E-state index contributed by atoms with van der Waals surface area (Å²) in [7, 11) is 0. The van der Waals surface area contributed by atoms with Crippen molar-refractivity contribution in [1.29, 1.82) is 0 Å². The second-order valence-corrected chi connectivity index (χ2v) is 3.45. The molecule has 2 rings (SSSR count). The molecular formula is C14H20O3. The summed E-state index contributed by atoms with van der Waals surface area (Å²) in [5.74, 6) is -0.287. The minimum absolute atomic E-state index is 0.287. The van der Waals surface area contributed by atoms with Gasteiger partial charge in [0.2, 0.25) is 0 Å². The predicted octanol–water partition coefficient (Wildman–Crippen LogP) is 2.89. The minimum Gasteiger partial charge on any atom is -0.464 e. The summed E-state index contributed by atoms with van der Waals surface area (Å²) in [6, 6.07) is 7.85. The number of carbonyl (C=O) groups is 1. The van der Waals surface area contributed by atoms with Gasteiger partial charge in [-0.05, 0) is 24.5 Å². The van der Waals surface area contributed by atoms with Gasteiger partial charge < -0.3 is 9.47 Å². The highest BCUT2D eigenvalue weighted by Crippen LogP contribution is 2.27. The average molecular weight is 236 g/mol. The molecule has 1 heterocycles. The average Bonchev–Trinajstić information content (AvgIpc) is 2.40. The number of hydrogen-bond acceptors (Lipinski definition) is 3. The molecule has 1 aliphatic heterocycles. The smallest absolute Gasteiger partial charge is 0.339 e. The SMILES string of the molecule is CC.CCOC(=O)C1OCCc2ccccc21. The second-order valence-electron chi connectivity index (χ2n) is 3.45. The Bertz CT molecular complexity index is 360. The molecule has 3 heteroatoms. The molecule has 0 saturated carbocycles. The molecular weight excluding hydrogens is 216 g/mol. The fourth-order valence-electron chi connectivity index (χ4n) is 1.81. The van der Waals surface area contributed by atoms with E-state index in [1.165, 1.54) is 5.56 Å². The standard InChI is InChI=1S/C12H14O3.C2H6/c1-2-14-12(13)11-10-6-4-3-5-9(10)7-8-15-11;1-2/h3-6,11H,2,7-8H2,1H3;1-2H3. The Hall–Kier alpha value is -1.35. The molecule has 94 valence electrons. The van der Waals surface area contributed by atoms with Crippen LogP contribution in [0.5, 0.6) is 0 Å². The summed E-state index contributed by atoms with van der Waals surface area (Å²) < 4.78 is 10.4. The molecule has 1 unspecified atom stereocenters. The first-order valence-electron chi connectivity index (χ1n) is 6.19. The Morgan fingerprint density at radius 2 is 2.12 bits per heavy atom. The van der Waals surface area contributed by atoms with Crippen molar-refractivity contribution < 1.29 is 14.3 Å². The molecule has 0 aromatic heterocycles. The molecule has 17 heavy (non-hydrogen) atoms. The van der Waals surface area contributed by atoms with Crippen LogP contribution in [0.3, 0.4) is 0 Å². The van der Waals surface area contributed by atoms with Gasteiger partial charge in [-0.2, -0.15) is 0 Å². The molecule has 0 bridgehead atoms. The largest absolute Gasteiger partial charge is 0.464 e. The van der Waals surface area contributed by atoms with Crippen molar-refractivity contribution in [3.63, 3.8) is 0 Å². The second kappa shape index (κ2) is 7.07. The maximum absolute atomic E-state index is 11.6. The van der Waals surface area contributed by atoms with Gasteiger partial charge in [0.1, 0.15) is 0 Å². The fraction of sp³-hybridized carbons (Fsp3) is 0.500. The Balaban J connectivity index is 0.000000686. The highest BCUT2D eigenvalue weighted by atomic mass is 16.6. The van der Waals surface area contributed by atoms with Crippen molar-refractivity contribution >= 4 is 5.97 Å². The van der Waals surface area contributed by atoms with Gasteiger partial charge in [-0.25, -0.2) is 4.79 Å². The van der Waals surface area contributed by atoms with Crippen molar-refractivity contribution in [2.75, 3.05) is 13.2 Å². The summed E-state index contributed by atoms with van der Waals surface area (Å²) >= 11 is 0. The van der Waals surface area contributed by atoms with Gasteiger partial charge in [-0.15, -0.1) is 0 Å². The van der Waals surface area contributed by atoms with Crippen LogP contribution in [-0.4, -0.2) is 19.2 Å². The zero-order valence-electron chi connectivity index (χ0n) is 10.7. The van der Waals surface area contributed by atoms with Gasteiger partial charge in [0.25, 0.3) is 0 Å². The van der Waals surface area contributed by atoms with Crippen LogP contribution in [0, 0.1) is 0 Å². The highest BCUT2D eigenvalue weighted by molar-refractivity contribution is 5.77. The zero-order chi connectivity index (χ0) is 12.7. The van der Waals surface area contributed by atoms with Crippen molar-refractivity contribution in [2.45, 2.75) is 33.3 Å². The summed E-state index contributed by atoms with van der Waals surface area (Å²) in [5.41, 5.74) is 2.13. The Kier molecular flexibility index (Phi) is 5.70. The van der Waals surface area contributed by atoms with Crippen LogP contribution in [0.2, 0.25) is 0 Å². The predicted molar refractivity (Wildman–Crippen MR) is 66.8 cm³/mol. The van der Waals surface area contributed by atoms with Crippen molar-refractivity contribution in [3.8, 4) is 0 Å². The monoisotopic (exact) mass is 236 g/mol. The minimum atomic E-state index is -0.533. The van der Waals surface area contributed by atoms with Crippen LogP contribution in [0.4, 0.5) is 0 Å². The Morgan fingerprint density at radius 3 is 2.82 bits per heavy atom. The van der Waals surface area contributed by atoms with Crippen molar-refractivity contribution in [1.82, 2.24) is 0 Å². The van der Waals surface area contributed by atoms with Gasteiger partial charge in [0.05, 0.1) is 13.2 Å². The molecule has 0 saturated heterocycles. The van der Waals surface area contributed by atoms with Gasteiger partial charge in [-0.1, -0.05) is 38.1 Å². The molecule has 1 atom stereocenters. The fourth-order valence-corrected chi connectivity index (χ4v) is 1.81. The van der Waals surface area contributed by atoms with Crippen LogP contribution < -0.4 is 0 Å². The lowest BCUT2D eigenvalue weighted by Gasteiger charge is -2.24. The van der Waals surface area contributed by atoms with E-state index in [1.807, 2.05) is 38.1 Å². The van der Waals surface area contributed by atoms with Gasteiger partial charge in [0, 0.05) is 0 Å². The number of ether oxygens (including phenoxy) is 2. The summed E-state index contributed by atoms with van der Waals surface area (Å²) in [6.45, 7) is 6.77. The Labute approximate surface area is 103 Å². The van der Waals surface area contributed by atoms with Crippen LogP contribution in [0.25, 0.3) is 0 Å². The topological polar surface area (TPSA) is 35.5 Å².